The van der Waals surface area contributed by atoms with E-state index in [0.29, 0.717) is 0 Å². The molecule has 19 heavy (non-hydrogen) atoms. The van der Waals surface area contributed by atoms with Gasteiger partial charge < -0.3 is 10.0 Å². The van der Waals surface area contributed by atoms with Gasteiger partial charge in [0.15, 0.2) is 0 Å². The van der Waals surface area contributed by atoms with Crippen LogP contribution < -0.4 is 4.90 Å². The van der Waals surface area contributed by atoms with Crippen molar-refractivity contribution in [2.75, 3.05) is 11.4 Å². The Hall–Kier alpha value is -1.80. The molecule has 0 radical (unpaired) electrons. The Labute approximate surface area is 114 Å². The molecule has 1 heterocycles. The highest BCUT2D eigenvalue weighted by atomic mass is 16.3. The number of benzene rings is 2. The van der Waals surface area contributed by atoms with Crippen molar-refractivity contribution in [1.29, 1.82) is 0 Å². The third-order valence-corrected chi connectivity index (χ3v) is 3.91. The molecule has 2 aromatic rings. The molecule has 0 spiro atoms. The molecule has 0 aliphatic carbocycles. The number of para-hydroxylation sites is 1. The standard InChI is InChI=1S/C17H19NO/c1-17(19)11-12-18(13-14-7-3-2-4-8-14)16-10-6-5-9-15(16)17/h2-10,19H,11-13H2,1H3. The van der Waals surface area contributed by atoms with E-state index in [1.54, 1.807) is 0 Å². The number of rotatable bonds is 2. The highest BCUT2D eigenvalue weighted by molar-refractivity contribution is 5.58. The van der Waals surface area contributed by atoms with Crippen molar-refractivity contribution in [2.24, 2.45) is 0 Å². The topological polar surface area (TPSA) is 23.5 Å². The first-order valence-corrected chi connectivity index (χ1v) is 6.77. The van der Waals surface area contributed by atoms with Crippen LogP contribution in [0, 0.1) is 0 Å². The SMILES string of the molecule is CC1(O)CCN(Cc2ccccc2)c2ccccc21. The van der Waals surface area contributed by atoms with E-state index < -0.39 is 5.60 Å². The average molecular weight is 253 g/mol. The summed E-state index contributed by atoms with van der Waals surface area (Å²) < 4.78 is 0. The third-order valence-electron chi connectivity index (χ3n) is 3.91. The summed E-state index contributed by atoms with van der Waals surface area (Å²) in [5.74, 6) is 0. The molecule has 0 bridgehead atoms. The summed E-state index contributed by atoms with van der Waals surface area (Å²) in [5, 5.41) is 10.5. The highest BCUT2D eigenvalue weighted by Gasteiger charge is 2.32. The minimum Gasteiger partial charge on any atom is -0.385 e. The van der Waals surface area contributed by atoms with Crippen molar-refractivity contribution in [2.45, 2.75) is 25.5 Å². The first-order valence-electron chi connectivity index (χ1n) is 6.77. The van der Waals surface area contributed by atoms with Crippen LogP contribution in [-0.4, -0.2) is 11.7 Å². The first-order chi connectivity index (χ1) is 9.17. The lowest BCUT2D eigenvalue weighted by molar-refractivity contribution is 0.0454. The van der Waals surface area contributed by atoms with Gasteiger partial charge in [-0.1, -0.05) is 48.5 Å². The second-order valence-corrected chi connectivity index (χ2v) is 5.45. The van der Waals surface area contributed by atoms with Gasteiger partial charge in [-0.2, -0.15) is 0 Å². The zero-order chi connectivity index (χ0) is 13.3. The van der Waals surface area contributed by atoms with Crippen molar-refractivity contribution in [3.8, 4) is 0 Å². The van der Waals surface area contributed by atoms with Gasteiger partial charge in [-0.3, -0.25) is 0 Å². The van der Waals surface area contributed by atoms with Crippen LogP contribution in [0.25, 0.3) is 0 Å². The molecular weight excluding hydrogens is 234 g/mol. The maximum Gasteiger partial charge on any atom is 0.0905 e. The van der Waals surface area contributed by atoms with Crippen LogP contribution in [0.2, 0.25) is 0 Å². The van der Waals surface area contributed by atoms with Gasteiger partial charge in [0.25, 0.3) is 0 Å². The summed E-state index contributed by atoms with van der Waals surface area (Å²) in [6, 6.07) is 18.7. The second-order valence-electron chi connectivity index (χ2n) is 5.45. The fourth-order valence-corrected chi connectivity index (χ4v) is 2.78. The molecule has 1 atom stereocenters. The monoisotopic (exact) mass is 253 g/mol. The maximum atomic E-state index is 10.5. The largest absolute Gasteiger partial charge is 0.385 e. The zero-order valence-corrected chi connectivity index (χ0v) is 11.2. The number of aliphatic hydroxyl groups is 1. The van der Waals surface area contributed by atoms with E-state index in [2.05, 4.69) is 35.2 Å². The fourth-order valence-electron chi connectivity index (χ4n) is 2.78. The Morgan fingerprint density at radius 3 is 2.53 bits per heavy atom. The highest BCUT2D eigenvalue weighted by Crippen LogP contribution is 2.38. The normalized spacial score (nSPS) is 22.1. The predicted octanol–water partition coefficient (Wildman–Crippen LogP) is 3.30. The summed E-state index contributed by atoms with van der Waals surface area (Å²) in [7, 11) is 0. The van der Waals surface area contributed by atoms with Gasteiger partial charge in [0.05, 0.1) is 5.60 Å². The molecule has 0 saturated heterocycles. The molecule has 0 saturated carbocycles. The van der Waals surface area contributed by atoms with Crippen molar-refractivity contribution in [3.63, 3.8) is 0 Å². The third kappa shape index (κ3) is 2.36. The van der Waals surface area contributed by atoms with Crippen LogP contribution in [0.5, 0.6) is 0 Å². The maximum absolute atomic E-state index is 10.5. The minimum atomic E-state index is -0.705. The van der Waals surface area contributed by atoms with Crippen LogP contribution in [0.1, 0.15) is 24.5 Å². The number of anilines is 1. The zero-order valence-electron chi connectivity index (χ0n) is 11.2. The number of hydrogen-bond donors (Lipinski definition) is 1. The quantitative estimate of drug-likeness (QED) is 0.887. The van der Waals surface area contributed by atoms with E-state index in [9.17, 15) is 5.11 Å². The Balaban J connectivity index is 1.93. The molecular formula is C17H19NO. The molecule has 2 heteroatoms. The Kier molecular flexibility index (Phi) is 3.03. The van der Waals surface area contributed by atoms with Crippen molar-refractivity contribution < 1.29 is 5.11 Å². The smallest absolute Gasteiger partial charge is 0.0905 e. The number of fused-ring (bicyclic) bond motifs is 1. The fraction of sp³-hybridized carbons (Fsp3) is 0.294. The van der Waals surface area contributed by atoms with E-state index >= 15 is 0 Å². The van der Waals surface area contributed by atoms with E-state index in [1.165, 1.54) is 5.56 Å². The van der Waals surface area contributed by atoms with E-state index in [-0.39, 0.29) is 0 Å². The average Bonchev–Trinajstić information content (AvgIpc) is 2.44. The van der Waals surface area contributed by atoms with Crippen LogP contribution in [-0.2, 0) is 12.1 Å². The van der Waals surface area contributed by atoms with Gasteiger partial charge in [0.1, 0.15) is 0 Å². The van der Waals surface area contributed by atoms with Crippen LogP contribution >= 0.6 is 0 Å². The lowest BCUT2D eigenvalue weighted by Crippen LogP contribution is -2.38. The van der Waals surface area contributed by atoms with Crippen molar-refractivity contribution >= 4 is 5.69 Å². The van der Waals surface area contributed by atoms with Crippen molar-refractivity contribution in [1.82, 2.24) is 0 Å². The summed E-state index contributed by atoms with van der Waals surface area (Å²) in [4.78, 5) is 2.35. The lowest BCUT2D eigenvalue weighted by Gasteiger charge is -2.39. The molecule has 1 aliphatic rings. The van der Waals surface area contributed by atoms with Crippen LogP contribution in [0.4, 0.5) is 5.69 Å². The van der Waals surface area contributed by atoms with E-state index in [1.807, 2.05) is 31.2 Å². The molecule has 2 aromatic carbocycles. The summed E-state index contributed by atoms with van der Waals surface area (Å²) in [5.41, 5.74) is 2.79. The summed E-state index contributed by atoms with van der Waals surface area (Å²) in [6.45, 7) is 3.69. The number of hydrogen-bond acceptors (Lipinski definition) is 2. The Morgan fingerprint density at radius 1 is 1.05 bits per heavy atom. The van der Waals surface area contributed by atoms with Gasteiger partial charge in [-0.15, -0.1) is 0 Å². The van der Waals surface area contributed by atoms with Gasteiger partial charge >= 0.3 is 0 Å². The molecule has 98 valence electrons. The van der Waals surface area contributed by atoms with Gasteiger partial charge in [-0.05, 0) is 25.0 Å². The molecule has 0 aromatic heterocycles. The summed E-state index contributed by atoms with van der Waals surface area (Å²) in [6.07, 6.45) is 0.775. The lowest BCUT2D eigenvalue weighted by atomic mass is 9.87. The first kappa shape index (κ1) is 12.2. The van der Waals surface area contributed by atoms with Gasteiger partial charge in [0.2, 0.25) is 0 Å². The molecule has 2 nitrogen and oxygen atoms in total. The Bertz CT molecular complexity index is 562. The van der Waals surface area contributed by atoms with Gasteiger partial charge in [0, 0.05) is 24.3 Å². The van der Waals surface area contributed by atoms with E-state index in [4.69, 9.17) is 0 Å². The second kappa shape index (κ2) is 4.71. The molecule has 1 N–H and O–H groups in total. The molecule has 0 amide bonds. The van der Waals surface area contributed by atoms with Gasteiger partial charge in [-0.25, -0.2) is 0 Å². The Morgan fingerprint density at radius 2 is 1.74 bits per heavy atom. The van der Waals surface area contributed by atoms with Crippen LogP contribution in [0.3, 0.4) is 0 Å². The molecule has 1 aliphatic heterocycles. The van der Waals surface area contributed by atoms with Crippen molar-refractivity contribution in [3.05, 3.63) is 65.7 Å². The molecule has 3 rings (SSSR count). The van der Waals surface area contributed by atoms with Crippen LogP contribution in [0.15, 0.2) is 54.6 Å². The molecule has 1 unspecified atom stereocenters. The van der Waals surface area contributed by atoms with E-state index in [0.717, 1.165) is 30.8 Å². The number of nitrogens with zero attached hydrogens (tertiary/aromatic N) is 1. The summed E-state index contributed by atoms with van der Waals surface area (Å²) >= 11 is 0. The predicted molar refractivity (Wildman–Crippen MR) is 78.1 cm³/mol. The minimum absolute atomic E-state index is 0.705. The molecule has 0 fully saturated rings.